The minimum atomic E-state index is -3.54. The van der Waals surface area contributed by atoms with Crippen LogP contribution in [0.25, 0.3) is 0 Å². The van der Waals surface area contributed by atoms with E-state index in [2.05, 4.69) is 0 Å². The molecule has 0 radical (unpaired) electrons. The number of benzene rings is 3. The molecule has 0 aliphatic rings. The van der Waals surface area contributed by atoms with E-state index in [9.17, 15) is 8.42 Å². The van der Waals surface area contributed by atoms with Gasteiger partial charge in [-0.1, -0.05) is 17.7 Å². The highest BCUT2D eigenvalue weighted by molar-refractivity contribution is 7.91. The van der Waals surface area contributed by atoms with Crippen molar-refractivity contribution in [3.63, 3.8) is 0 Å². The van der Waals surface area contributed by atoms with Crippen LogP contribution in [-0.4, -0.2) is 15.5 Å². The van der Waals surface area contributed by atoms with Crippen molar-refractivity contribution in [2.45, 2.75) is 30.6 Å². The predicted octanol–water partition coefficient (Wildman–Crippen LogP) is 5.25. The Morgan fingerprint density at radius 3 is 1.74 bits per heavy atom. The van der Waals surface area contributed by atoms with Gasteiger partial charge in [-0.15, -0.1) is 0 Å². The van der Waals surface area contributed by atoms with Crippen LogP contribution in [0, 0.1) is 20.8 Å². The number of sulfone groups is 1. The van der Waals surface area contributed by atoms with Crippen molar-refractivity contribution < 1.29 is 17.9 Å². The van der Waals surface area contributed by atoms with Crippen LogP contribution >= 0.6 is 0 Å². The molecule has 3 rings (SSSR count). The summed E-state index contributed by atoms with van der Waals surface area (Å²) in [5.41, 5.74) is 2.92. The molecule has 3 aromatic rings. The average Bonchev–Trinajstić information content (AvgIpc) is 2.65. The Bertz CT molecular complexity index is 1050. The Morgan fingerprint density at radius 2 is 1.19 bits per heavy atom. The molecule has 0 N–H and O–H groups in total. The van der Waals surface area contributed by atoms with E-state index in [1.807, 2.05) is 32.9 Å². The summed E-state index contributed by atoms with van der Waals surface area (Å²) in [5, 5.41) is 0. The van der Waals surface area contributed by atoms with E-state index in [4.69, 9.17) is 9.47 Å². The molecule has 0 aliphatic heterocycles. The van der Waals surface area contributed by atoms with Crippen LogP contribution in [0.2, 0.25) is 0 Å². The van der Waals surface area contributed by atoms with Gasteiger partial charge in [0, 0.05) is 0 Å². The molecule has 0 heterocycles. The topological polar surface area (TPSA) is 52.6 Å². The molecule has 4 nitrogen and oxygen atoms in total. The van der Waals surface area contributed by atoms with Crippen molar-refractivity contribution in [1.29, 1.82) is 0 Å². The van der Waals surface area contributed by atoms with Crippen LogP contribution in [0.15, 0.2) is 70.5 Å². The van der Waals surface area contributed by atoms with Crippen molar-refractivity contribution in [3.8, 4) is 17.2 Å². The SMILES string of the molecule is COc1cc(C)c(Oc2ccc(S(=O)(=O)c3ccc(C)cc3)cc2)cc1C. The zero-order valence-electron chi connectivity index (χ0n) is 15.8. The highest BCUT2D eigenvalue weighted by Gasteiger charge is 2.17. The Kier molecular flexibility index (Phi) is 5.24. The Balaban J connectivity index is 1.86. The maximum Gasteiger partial charge on any atom is 0.206 e. The minimum Gasteiger partial charge on any atom is -0.496 e. The van der Waals surface area contributed by atoms with E-state index in [1.54, 1.807) is 55.6 Å². The largest absolute Gasteiger partial charge is 0.496 e. The second-order valence-corrected chi connectivity index (χ2v) is 8.43. The van der Waals surface area contributed by atoms with Crippen molar-refractivity contribution >= 4 is 9.84 Å². The van der Waals surface area contributed by atoms with Crippen LogP contribution in [0.4, 0.5) is 0 Å². The van der Waals surface area contributed by atoms with E-state index >= 15 is 0 Å². The molecule has 5 heteroatoms. The average molecular weight is 382 g/mol. The van der Waals surface area contributed by atoms with Crippen LogP contribution in [0.5, 0.6) is 17.2 Å². The summed E-state index contributed by atoms with van der Waals surface area (Å²) < 4.78 is 36.7. The van der Waals surface area contributed by atoms with E-state index in [-0.39, 0.29) is 9.79 Å². The van der Waals surface area contributed by atoms with Gasteiger partial charge in [-0.25, -0.2) is 8.42 Å². The molecule has 0 fully saturated rings. The van der Waals surface area contributed by atoms with Crippen LogP contribution in [0.3, 0.4) is 0 Å². The van der Waals surface area contributed by atoms with Gasteiger partial charge in [0.15, 0.2) is 0 Å². The fraction of sp³-hybridized carbons (Fsp3) is 0.182. The summed E-state index contributed by atoms with van der Waals surface area (Å²) in [6.07, 6.45) is 0. The molecule has 140 valence electrons. The first kappa shape index (κ1) is 19.0. The molecule has 0 atom stereocenters. The Hall–Kier alpha value is -2.79. The zero-order valence-corrected chi connectivity index (χ0v) is 16.6. The van der Waals surface area contributed by atoms with Crippen molar-refractivity contribution in [1.82, 2.24) is 0 Å². The lowest BCUT2D eigenvalue weighted by Gasteiger charge is -2.13. The quantitative estimate of drug-likeness (QED) is 0.605. The van der Waals surface area contributed by atoms with E-state index < -0.39 is 9.84 Å². The molecule has 0 aliphatic carbocycles. The summed E-state index contributed by atoms with van der Waals surface area (Å²) in [6, 6.07) is 17.1. The van der Waals surface area contributed by atoms with Gasteiger partial charge in [0.25, 0.3) is 0 Å². The Morgan fingerprint density at radius 1 is 0.704 bits per heavy atom. The summed E-state index contributed by atoms with van der Waals surface area (Å²) in [6.45, 7) is 5.81. The molecule has 27 heavy (non-hydrogen) atoms. The third kappa shape index (κ3) is 3.98. The van der Waals surface area contributed by atoms with Crippen LogP contribution < -0.4 is 9.47 Å². The molecule has 3 aromatic carbocycles. The lowest BCUT2D eigenvalue weighted by atomic mass is 10.1. The third-order valence-electron chi connectivity index (χ3n) is 4.39. The number of methoxy groups -OCH3 is 1. The highest BCUT2D eigenvalue weighted by atomic mass is 32.2. The number of hydrogen-bond donors (Lipinski definition) is 0. The predicted molar refractivity (Wildman–Crippen MR) is 106 cm³/mol. The normalized spacial score (nSPS) is 11.3. The summed E-state index contributed by atoms with van der Waals surface area (Å²) in [5.74, 6) is 2.09. The fourth-order valence-electron chi connectivity index (χ4n) is 2.76. The maximum absolute atomic E-state index is 12.7. The minimum absolute atomic E-state index is 0.237. The molecule has 0 saturated heterocycles. The number of aryl methyl sites for hydroxylation is 3. The zero-order chi connectivity index (χ0) is 19.6. The third-order valence-corrected chi connectivity index (χ3v) is 6.17. The van der Waals surface area contributed by atoms with E-state index in [0.29, 0.717) is 11.5 Å². The monoisotopic (exact) mass is 382 g/mol. The van der Waals surface area contributed by atoms with Gasteiger partial charge in [0.2, 0.25) is 9.84 Å². The fourth-order valence-corrected chi connectivity index (χ4v) is 4.02. The first-order chi connectivity index (χ1) is 12.8. The molecule has 0 saturated carbocycles. The molecule has 0 bridgehead atoms. The molecular weight excluding hydrogens is 360 g/mol. The number of hydrogen-bond acceptors (Lipinski definition) is 4. The number of rotatable bonds is 5. The first-order valence-electron chi connectivity index (χ1n) is 8.56. The van der Waals surface area contributed by atoms with E-state index in [0.717, 1.165) is 22.4 Å². The Labute approximate surface area is 160 Å². The van der Waals surface area contributed by atoms with Gasteiger partial charge in [-0.3, -0.25) is 0 Å². The lowest BCUT2D eigenvalue weighted by Crippen LogP contribution is -2.01. The lowest BCUT2D eigenvalue weighted by molar-refractivity contribution is 0.408. The molecule has 0 aromatic heterocycles. The highest BCUT2D eigenvalue weighted by Crippen LogP contribution is 2.32. The second-order valence-electron chi connectivity index (χ2n) is 6.48. The number of ether oxygens (including phenoxy) is 2. The molecule has 0 amide bonds. The standard InChI is InChI=1S/C22H22O4S/c1-15-5-9-19(10-6-15)27(23,24)20-11-7-18(8-12-20)26-22-14-16(2)21(25-4)13-17(22)3/h5-14H,1-4H3. The molecule has 0 spiro atoms. The molecular formula is C22H22O4S. The first-order valence-corrected chi connectivity index (χ1v) is 10.0. The van der Waals surface area contributed by atoms with Gasteiger partial charge in [0.05, 0.1) is 16.9 Å². The van der Waals surface area contributed by atoms with Crippen molar-refractivity contribution in [2.24, 2.45) is 0 Å². The summed E-state index contributed by atoms with van der Waals surface area (Å²) in [7, 11) is -1.91. The van der Waals surface area contributed by atoms with E-state index in [1.165, 1.54) is 0 Å². The van der Waals surface area contributed by atoms with Crippen molar-refractivity contribution in [3.05, 3.63) is 77.4 Å². The maximum atomic E-state index is 12.7. The second kappa shape index (κ2) is 7.45. The smallest absolute Gasteiger partial charge is 0.206 e. The summed E-state index contributed by atoms with van der Waals surface area (Å²) in [4.78, 5) is 0.518. The van der Waals surface area contributed by atoms with Gasteiger partial charge >= 0.3 is 0 Å². The summed E-state index contributed by atoms with van der Waals surface area (Å²) >= 11 is 0. The van der Waals surface area contributed by atoms with Gasteiger partial charge < -0.3 is 9.47 Å². The van der Waals surface area contributed by atoms with Crippen molar-refractivity contribution in [2.75, 3.05) is 7.11 Å². The van der Waals surface area contributed by atoms with Crippen LogP contribution in [-0.2, 0) is 9.84 Å². The van der Waals surface area contributed by atoms with Gasteiger partial charge in [-0.05, 0) is 80.4 Å². The van der Waals surface area contributed by atoms with Gasteiger partial charge in [-0.2, -0.15) is 0 Å². The van der Waals surface area contributed by atoms with Crippen LogP contribution in [0.1, 0.15) is 16.7 Å². The molecule has 0 unspecified atom stereocenters. The van der Waals surface area contributed by atoms with Gasteiger partial charge in [0.1, 0.15) is 17.2 Å².